The van der Waals surface area contributed by atoms with Gasteiger partial charge in [0.25, 0.3) is 0 Å². The molecule has 0 N–H and O–H groups in total. The summed E-state index contributed by atoms with van der Waals surface area (Å²) in [7, 11) is 3.22. The number of fused-ring (bicyclic) bond motifs is 1. The Morgan fingerprint density at radius 3 is 2.46 bits per heavy atom. The van der Waals surface area contributed by atoms with Gasteiger partial charge in [0.15, 0.2) is 6.29 Å². The van der Waals surface area contributed by atoms with Gasteiger partial charge in [0, 0.05) is 20.6 Å². The van der Waals surface area contributed by atoms with Crippen molar-refractivity contribution in [3.63, 3.8) is 0 Å². The maximum absolute atomic E-state index is 11.6. The molecule has 2 saturated carbocycles. The number of aldehydes is 1. The fraction of sp³-hybridized carbons (Fsp3) is 0.864. The molecule has 0 amide bonds. The molecule has 2 aliphatic carbocycles. The number of allylic oxidation sites excluding steroid dienone is 1. The van der Waals surface area contributed by atoms with Crippen LogP contribution < -0.4 is 0 Å². The summed E-state index contributed by atoms with van der Waals surface area (Å²) in [5.74, 6) is 1.23. The minimum absolute atomic E-state index is 0.0606. The summed E-state index contributed by atoms with van der Waals surface area (Å²) in [5.41, 5.74) is 1.53. The van der Waals surface area contributed by atoms with Gasteiger partial charge in [-0.1, -0.05) is 33.3 Å². The van der Waals surface area contributed by atoms with E-state index in [4.69, 9.17) is 14.2 Å². The van der Waals surface area contributed by atoms with E-state index < -0.39 is 0 Å². The van der Waals surface area contributed by atoms with Gasteiger partial charge in [-0.15, -0.1) is 0 Å². The molecule has 0 aromatic rings. The Labute approximate surface area is 158 Å². The van der Waals surface area contributed by atoms with Crippen molar-refractivity contribution in [2.75, 3.05) is 20.8 Å². The highest BCUT2D eigenvalue weighted by molar-refractivity contribution is 5.73. The molecule has 4 unspecified atom stereocenters. The van der Waals surface area contributed by atoms with Gasteiger partial charge >= 0.3 is 0 Å². The number of epoxide rings is 1. The van der Waals surface area contributed by atoms with E-state index in [-0.39, 0.29) is 11.9 Å². The maximum Gasteiger partial charge on any atom is 0.160 e. The highest BCUT2D eigenvalue weighted by Gasteiger charge is 2.64. The summed E-state index contributed by atoms with van der Waals surface area (Å²) in [4.78, 5) is 11.6. The van der Waals surface area contributed by atoms with Gasteiger partial charge in [0.1, 0.15) is 6.29 Å². The van der Waals surface area contributed by atoms with Gasteiger partial charge in [-0.2, -0.15) is 0 Å². The van der Waals surface area contributed by atoms with Crippen molar-refractivity contribution in [3.8, 4) is 0 Å². The van der Waals surface area contributed by atoms with Crippen LogP contribution in [0.2, 0.25) is 0 Å². The minimum Gasteiger partial charge on any atom is -0.369 e. The topological polar surface area (TPSA) is 48.1 Å². The average molecular weight is 365 g/mol. The third-order valence-corrected chi connectivity index (χ3v) is 7.77. The molecule has 0 radical (unpaired) electrons. The van der Waals surface area contributed by atoms with Crippen molar-refractivity contribution in [2.24, 2.45) is 22.7 Å². The van der Waals surface area contributed by atoms with E-state index in [9.17, 15) is 4.79 Å². The number of rotatable bonds is 7. The molecule has 1 heterocycles. The highest BCUT2D eigenvalue weighted by Crippen LogP contribution is 2.66. The molecular formula is C22H36O4. The van der Waals surface area contributed by atoms with Crippen LogP contribution in [0.5, 0.6) is 0 Å². The second-order valence-electron chi connectivity index (χ2n) is 9.58. The highest BCUT2D eigenvalue weighted by atomic mass is 16.7. The lowest BCUT2D eigenvalue weighted by Crippen LogP contribution is -2.54. The first-order valence-corrected chi connectivity index (χ1v) is 10.1. The van der Waals surface area contributed by atoms with E-state index >= 15 is 0 Å². The Kier molecular flexibility index (Phi) is 5.68. The van der Waals surface area contributed by atoms with Gasteiger partial charge in [0.05, 0.1) is 12.2 Å². The van der Waals surface area contributed by atoms with Gasteiger partial charge in [-0.05, 0) is 60.3 Å². The molecule has 3 fully saturated rings. The van der Waals surface area contributed by atoms with E-state index in [1.165, 1.54) is 32.1 Å². The molecule has 1 aliphatic heterocycles. The Bertz CT molecular complexity index is 544. The van der Waals surface area contributed by atoms with E-state index in [0.717, 1.165) is 30.8 Å². The van der Waals surface area contributed by atoms with Crippen LogP contribution in [-0.2, 0) is 19.0 Å². The third-order valence-electron chi connectivity index (χ3n) is 7.77. The predicted molar refractivity (Wildman–Crippen MR) is 102 cm³/mol. The lowest BCUT2D eigenvalue weighted by atomic mass is 9.46. The smallest absolute Gasteiger partial charge is 0.160 e. The van der Waals surface area contributed by atoms with Crippen LogP contribution in [-0.4, -0.2) is 39.0 Å². The summed E-state index contributed by atoms with van der Waals surface area (Å²) in [6.45, 7) is 8.29. The van der Waals surface area contributed by atoms with Crippen molar-refractivity contribution >= 4 is 6.29 Å². The summed E-state index contributed by atoms with van der Waals surface area (Å²) in [6, 6.07) is 0. The molecule has 3 aliphatic rings. The zero-order chi connectivity index (χ0) is 19.0. The number of carbonyl (C=O) groups excluding carboxylic acids is 1. The lowest BCUT2D eigenvalue weighted by molar-refractivity contribution is -0.112. The molecule has 4 heteroatoms. The lowest BCUT2D eigenvalue weighted by Gasteiger charge is -2.59. The molecule has 0 aromatic heterocycles. The fourth-order valence-electron chi connectivity index (χ4n) is 6.29. The Morgan fingerprint density at radius 1 is 1.19 bits per heavy atom. The van der Waals surface area contributed by atoms with Crippen LogP contribution in [0, 0.1) is 22.7 Å². The summed E-state index contributed by atoms with van der Waals surface area (Å²) in [5, 5.41) is 0. The van der Waals surface area contributed by atoms with Gasteiger partial charge < -0.3 is 14.2 Å². The van der Waals surface area contributed by atoms with E-state index in [0.29, 0.717) is 23.2 Å². The zero-order valence-electron chi connectivity index (χ0n) is 17.2. The van der Waals surface area contributed by atoms with Crippen molar-refractivity contribution in [2.45, 2.75) is 77.6 Å². The first-order chi connectivity index (χ1) is 12.3. The van der Waals surface area contributed by atoms with Crippen molar-refractivity contribution in [1.29, 1.82) is 0 Å². The van der Waals surface area contributed by atoms with Crippen LogP contribution >= 0.6 is 0 Å². The molecule has 4 nitrogen and oxygen atoms in total. The van der Waals surface area contributed by atoms with Crippen molar-refractivity contribution in [1.82, 2.24) is 0 Å². The number of ether oxygens (including phenoxy) is 3. The Hall–Kier alpha value is -0.710. The first-order valence-electron chi connectivity index (χ1n) is 10.1. The fourth-order valence-corrected chi connectivity index (χ4v) is 6.29. The van der Waals surface area contributed by atoms with Gasteiger partial charge in [0.2, 0.25) is 0 Å². The zero-order valence-corrected chi connectivity index (χ0v) is 17.2. The predicted octanol–water partition coefficient (Wildman–Crippen LogP) is 4.52. The van der Waals surface area contributed by atoms with E-state index in [1.54, 1.807) is 14.2 Å². The van der Waals surface area contributed by atoms with Crippen LogP contribution in [0.3, 0.4) is 0 Å². The number of methoxy groups -OCH3 is 2. The average Bonchev–Trinajstić information content (AvgIpc) is 3.36. The Morgan fingerprint density at radius 2 is 1.88 bits per heavy atom. The summed E-state index contributed by atoms with van der Waals surface area (Å²) in [6.07, 6.45) is 10.5. The molecule has 1 spiro atoms. The second kappa shape index (κ2) is 7.37. The second-order valence-corrected chi connectivity index (χ2v) is 9.58. The van der Waals surface area contributed by atoms with Crippen molar-refractivity contribution in [3.05, 3.63) is 11.6 Å². The number of carbonyl (C=O) groups is 1. The largest absolute Gasteiger partial charge is 0.369 e. The minimum atomic E-state index is -0.360. The Balaban J connectivity index is 1.81. The molecule has 3 rings (SSSR count). The summed E-state index contributed by atoms with van der Waals surface area (Å²) < 4.78 is 16.6. The number of hydrogen-bond donors (Lipinski definition) is 0. The molecular weight excluding hydrogens is 328 g/mol. The van der Waals surface area contributed by atoms with Crippen molar-refractivity contribution < 1.29 is 19.0 Å². The van der Waals surface area contributed by atoms with Gasteiger partial charge in [-0.3, -0.25) is 4.79 Å². The molecule has 1 saturated heterocycles. The van der Waals surface area contributed by atoms with Crippen LogP contribution in [0.25, 0.3) is 0 Å². The van der Waals surface area contributed by atoms with Gasteiger partial charge in [-0.25, -0.2) is 0 Å². The van der Waals surface area contributed by atoms with E-state index in [1.807, 2.05) is 0 Å². The first kappa shape index (κ1) is 20.0. The molecule has 0 bridgehead atoms. The molecule has 148 valence electrons. The number of hydrogen-bond acceptors (Lipinski definition) is 4. The quantitative estimate of drug-likeness (QED) is 0.288. The van der Waals surface area contributed by atoms with Crippen LogP contribution in [0.15, 0.2) is 11.6 Å². The van der Waals surface area contributed by atoms with E-state index in [2.05, 4.69) is 26.8 Å². The molecule has 4 atom stereocenters. The normalized spacial score (nSPS) is 39.1. The van der Waals surface area contributed by atoms with Crippen LogP contribution in [0.1, 0.15) is 65.7 Å². The maximum atomic E-state index is 11.6. The monoisotopic (exact) mass is 364 g/mol. The standard InChI is InChI=1S/C22H36O4/c1-20(2)10-6-11-21(3)17(20)9-12-22(15-26-22)18(21)8-7-16(14-23)13-19(24-4)25-5/h7,14,17-19H,6,8-13,15H2,1-5H3. The molecule has 0 aromatic carbocycles. The third kappa shape index (κ3) is 3.53. The van der Waals surface area contributed by atoms with Crippen LogP contribution in [0.4, 0.5) is 0 Å². The molecule has 26 heavy (non-hydrogen) atoms. The summed E-state index contributed by atoms with van der Waals surface area (Å²) >= 11 is 0. The SMILES string of the molecule is COC(CC(C=O)=CCC1C2(CCC3C(C)(C)CCCC31C)CO2)OC.